The molecule has 114 valence electrons. The molecule has 0 bridgehead atoms. The summed E-state index contributed by atoms with van der Waals surface area (Å²) in [5.41, 5.74) is 8.24. The highest BCUT2D eigenvalue weighted by Crippen LogP contribution is 2.24. The standard InChI is InChI=1S/C15H28N4O/c1-9(2)17-15(7,14(16)20)8-10(3)19-13(6)11(4)12(5)18-19/h9-10,17H,8H2,1-7H3,(H2,16,20). The first kappa shape index (κ1) is 16.7. The van der Waals surface area contributed by atoms with Crippen molar-refractivity contribution in [3.63, 3.8) is 0 Å². The topological polar surface area (TPSA) is 72.9 Å². The van der Waals surface area contributed by atoms with Crippen LogP contribution < -0.4 is 11.1 Å². The van der Waals surface area contributed by atoms with E-state index in [0.717, 1.165) is 11.4 Å². The molecule has 0 aliphatic heterocycles. The average Bonchev–Trinajstić information content (AvgIpc) is 2.55. The van der Waals surface area contributed by atoms with E-state index in [1.54, 1.807) is 0 Å². The summed E-state index contributed by atoms with van der Waals surface area (Å²) in [4.78, 5) is 11.8. The molecule has 0 saturated carbocycles. The van der Waals surface area contributed by atoms with Crippen molar-refractivity contribution in [2.24, 2.45) is 5.73 Å². The minimum Gasteiger partial charge on any atom is -0.368 e. The largest absolute Gasteiger partial charge is 0.368 e. The lowest BCUT2D eigenvalue weighted by atomic mass is 9.91. The van der Waals surface area contributed by atoms with Gasteiger partial charge in [0.25, 0.3) is 0 Å². The van der Waals surface area contributed by atoms with Crippen LogP contribution in [0.5, 0.6) is 0 Å². The van der Waals surface area contributed by atoms with Gasteiger partial charge in [-0.05, 0) is 60.5 Å². The first-order chi connectivity index (χ1) is 9.08. The van der Waals surface area contributed by atoms with Gasteiger partial charge in [-0.25, -0.2) is 0 Å². The molecule has 1 heterocycles. The van der Waals surface area contributed by atoms with Crippen molar-refractivity contribution in [2.45, 2.75) is 72.5 Å². The van der Waals surface area contributed by atoms with Crippen LogP contribution >= 0.6 is 0 Å². The normalized spacial score (nSPS) is 16.2. The van der Waals surface area contributed by atoms with E-state index < -0.39 is 5.54 Å². The number of amides is 1. The maximum atomic E-state index is 11.8. The highest BCUT2D eigenvalue weighted by molar-refractivity contribution is 5.84. The smallest absolute Gasteiger partial charge is 0.237 e. The Morgan fingerprint density at radius 2 is 1.90 bits per heavy atom. The van der Waals surface area contributed by atoms with E-state index in [9.17, 15) is 4.79 Å². The fraction of sp³-hybridized carbons (Fsp3) is 0.733. The molecule has 20 heavy (non-hydrogen) atoms. The SMILES string of the molecule is Cc1nn(C(C)CC(C)(NC(C)C)C(N)=O)c(C)c1C. The van der Waals surface area contributed by atoms with Crippen LogP contribution in [-0.4, -0.2) is 27.3 Å². The van der Waals surface area contributed by atoms with E-state index in [1.807, 2.05) is 32.4 Å². The van der Waals surface area contributed by atoms with Gasteiger partial charge in [-0.1, -0.05) is 0 Å². The molecule has 2 atom stereocenters. The third-order valence-corrected chi connectivity index (χ3v) is 3.96. The maximum absolute atomic E-state index is 11.8. The maximum Gasteiger partial charge on any atom is 0.237 e. The monoisotopic (exact) mass is 280 g/mol. The van der Waals surface area contributed by atoms with E-state index >= 15 is 0 Å². The molecule has 0 radical (unpaired) electrons. The van der Waals surface area contributed by atoms with Crippen molar-refractivity contribution in [2.75, 3.05) is 0 Å². The quantitative estimate of drug-likeness (QED) is 0.837. The second kappa shape index (κ2) is 5.95. The van der Waals surface area contributed by atoms with Gasteiger partial charge in [-0.3, -0.25) is 9.48 Å². The molecule has 3 N–H and O–H groups in total. The van der Waals surface area contributed by atoms with Crippen LogP contribution in [0.15, 0.2) is 0 Å². The number of nitrogens with two attached hydrogens (primary N) is 1. The number of aromatic nitrogens is 2. The number of carbonyl (C=O) groups excluding carboxylic acids is 1. The Morgan fingerprint density at radius 3 is 2.25 bits per heavy atom. The molecule has 1 aromatic heterocycles. The van der Waals surface area contributed by atoms with Gasteiger partial charge in [0.2, 0.25) is 5.91 Å². The molecule has 5 nitrogen and oxygen atoms in total. The number of carbonyl (C=O) groups is 1. The zero-order valence-electron chi connectivity index (χ0n) is 13.7. The zero-order valence-corrected chi connectivity index (χ0v) is 13.7. The second-order valence-electron chi connectivity index (χ2n) is 6.29. The Morgan fingerprint density at radius 1 is 1.35 bits per heavy atom. The zero-order chi connectivity index (χ0) is 15.7. The van der Waals surface area contributed by atoms with Crippen molar-refractivity contribution in [3.05, 3.63) is 17.0 Å². The van der Waals surface area contributed by atoms with Gasteiger partial charge < -0.3 is 11.1 Å². The van der Waals surface area contributed by atoms with E-state index in [0.29, 0.717) is 6.42 Å². The molecule has 1 rings (SSSR count). The lowest BCUT2D eigenvalue weighted by Crippen LogP contribution is -2.56. The number of nitrogens with one attached hydrogen (secondary N) is 1. The number of hydrogen-bond acceptors (Lipinski definition) is 3. The van der Waals surface area contributed by atoms with Crippen molar-refractivity contribution in [1.29, 1.82) is 0 Å². The van der Waals surface area contributed by atoms with Gasteiger partial charge in [0.15, 0.2) is 0 Å². The molecule has 0 aliphatic rings. The summed E-state index contributed by atoms with van der Waals surface area (Å²) in [7, 11) is 0. The molecule has 1 aromatic rings. The molecule has 0 spiro atoms. The fourth-order valence-corrected chi connectivity index (χ4v) is 2.72. The van der Waals surface area contributed by atoms with Gasteiger partial charge in [0.1, 0.15) is 0 Å². The van der Waals surface area contributed by atoms with Crippen LogP contribution in [0.25, 0.3) is 0 Å². The van der Waals surface area contributed by atoms with Gasteiger partial charge in [-0.2, -0.15) is 5.10 Å². The first-order valence-corrected chi connectivity index (χ1v) is 7.18. The summed E-state index contributed by atoms with van der Waals surface area (Å²) in [6.45, 7) is 14.1. The fourth-order valence-electron chi connectivity index (χ4n) is 2.72. The average molecular weight is 280 g/mol. The van der Waals surface area contributed by atoms with Gasteiger partial charge >= 0.3 is 0 Å². The van der Waals surface area contributed by atoms with Gasteiger partial charge in [-0.15, -0.1) is 0 Å². The summed E-state index contributed by atoms with van der Waals surface area (Å²) < 4.78 is 1.99. The predicted octanol–water partition coefficient (Wildman–Crippen LogP) is 2.00. The number of rotatable bonds is 6. The lowest BCUT2D eigenvalue weighted by molar-refractivity contribution is -0.124. The molecule has 2 unspecified atom stereocenters. The van der Waals surface area contributed by atoms with Crippen LogP contribution in [0.2, 0.25) is 0 Å². The van der Waals surface area contributed by atoms with Crippen LogP contribution in [0.4, 0.5) is 0 Å². The molecular weight excluding hydrogens is 252 g/mol. The van der Waals surface area contributed by atoms with Crippen molar-refractivity contribution in [3.8, 4) is 0 Å². The molecule has 0 fully saturated rings. The highest BCUT2D eigenvalue weighted by Gasteiger charge is 2.34. The Kier molecular flexibility index (Phi) is 4.97. The second-order valence-corrected chi connectivity index (χ2v) is 6.29. The van der Waals surface area contributed by atoms with Crippen LogP contribution in [-0.2, 0) is 4.79 Å². The molecule has 0 aromatic carbocycles. The summed E-state index contributed by atoms with van der Waals surface area (Å²) in [6.07, 6.45) is 0.613. The number of aryl methyl sites for hydroxylation is 1. The van der Waals surface area contributed by atoms with Gasteiger partial charge in [0.05, 0.1) is 17.3 Å². The summed E-state index contributed by atoms with van der Waals surface area (Å²) in [6, 6.07) is 0.299. The van der Waals surface area contributed by atoms with Crippen molar-refractivity contribution < 1.29 is 4.79 Å². The lowest BCUT2D eigenvalue weighted by Gasteiger charge is -2.32. The summed E-state index contributed by atoms with van der Waals surface area (Å²) in [5, 5.41) is 7.85. The third-order valence-electron chi connectivity index (χ3n) is 3.96. The Balaban J connectivity index is 2.99. The Bertz CT molecular complexity index is 492. The Labute approximate surface area is 121 Å². The van der Waals surface area contributed by atoms with Gasteiger partial charge in [0, 0.05) is 11.7 Å². The van der Waals surface area contributed by atoms with Crippen LogP contribution in [0.1, 0.15) is 57.1 Å². The minimum absolute atomic E-state index is 0.103. The number of hydrogen-bond donors (Lipinski definition) is 2. The van der Waals surface area contributed by atoms with E-state index in [-0.39, 0.29) is 18.0 Å². The van der Waals surface area contributed by atoms with Crippen molar-refractivity contribution >= 4 is 5.91 Å². The third kappa shape index (κ3) is 3.39. The van der Waals surface area contributed by atoms with Crippen molar-refractivity contribution in [1.82, 2.24) is 15.1 Å². The predicted molar refractivity (Wildman–Crippen MR) is 81.6 cm³/mol. The molecule has 1 amide bonds. The molecular formula is C15H28N4O. The molecule has 0 saturated heterocycles. The first-order valence-electron chi connectivity index (χ1n) is 7.18. The molecule has 5 heteroatoms. The van der Waals surface area contributed by atoms with E-state index in [4.69, 9.17) is 5.73 Å². The summed E-state index contributed by atoms with van der Waals surface area (Å²) in [5.74, 6) is -0.323. The Hall–Kier alpha value is -1.36. The van der Waals surface area contributed by atoms with Crippen LogP contribution in [0.3, 0.4) is 0 Å². The van der Waals surface area contributed by atoms with E-state index in [1.165, 1.54) is 5.56 Å². The van der Waals surface area contributed by atoms with E-state index in [2.05, 4.69) is 31.2 Å². The number of nitrogens with zero attached hydrogens (tertiary/aromatic N) is 2. The summed E-state index contributed by atoms with van der Waals surface area (Å²) >= 11 is 0. The van der Waals surface area contributed by atoms with Crippen LogP contribution in [0, 0.1) is 20.8 Å². The molecule has 0 aliphatic carbocycles. The minimum atomic E-state index is -0.728. The highest BCUT2D eigenvalue weighted by atomic mass is 16.1. The number of primary amides is 1.